The Morgan fingerprint density at radius 2 is 2.08 bits per heavy atom. The Morgan fingerprint density at radius 1 is 1.24 bits per heavy atom. The number of aromatic amines is 1. The van der Waals surface area contributed by atoms with Crippen molar-refractivity contribution in [3.8, 4) is 0 Å². The second-order valence-electron chi connectivity index (χ2n) is 6.83. The van der Waals surface area contributed by atoms with Gasteiger partial charge in [0.05, 0.1) is 6.33 Å². The van der Waals surface area contributed by atoms with Gasteiger partial charge in [-0.05, 0) is 37.5 Å². The third-order valence-electron chi connectivity index (χ3n) is 5.36. The molecule has 0 bridgehead atoms. The average molecular weight is 400 g/mol. The molecule has 6 nitrogen and oxygen atoms in total. The van der Waals surface area contributed by atoms with E-state index in [0.29, 0.717) is 0 Å². The lowest BCUT2D eigenvalue weighted by molar-refractivity contribution is 0.0558. The van der Waals surface area contributed by atoms with Gasteiger partial charge >= 0.3 is 0 Å². The molecule has 128 valence electrons. The maximum atomic E-state index is 5.64. The first-order valence-corrected chi connectivity index (χ1v) is 9.29. The van der Waals surface area contributed by atoms with Gasteiger partial charge in [-0.15, -0.1) is 0 Å². The Hall–Kier alpha value is -1.99. The number of hydrogen-bond acceptors (Lipinski definition) is 5. The molecule has 0 aliphatic carbocycles. The van der Waals surface area contributed by atoms with Crippen LogP contribution in [0.15, 0.2) is 29.0 Å². The number of halogens is 1. The number of nitrogens with zero attached hydrogens (tertiary/aromatic N) is 4. The molecule has 1 fully saturated rings. The molecule has 0 amide bonds. The molecule has 7 heteroatoms. The van der Waals surface area contributed by atoms with Crippen LogP contribution < -0.4 is 4.90 Å². The molecule has 0 saturated carbocycles. The van der Waals surface area contributed by atoms with E-state index < -0.39 is 0 Å². The first-order chi connectivity index (χ1) is 12.2. The van der Waals surface area contributed by atoms with E-state index in [0.717, 1.165) is 59.9 Å². The second kappa shape index (κ2) is 5.51. The van der Waals surface area contributed by atoms with E-state index in [1.165, 1.54) is 11.3 Å². The summed E-state index contributed by atoms with van der Waals surface area (Å²) in [6.45, 7) is 4.44. The molecular formula is C18H18BrN5O. The minimum absolute atomic E-state index is 0.121. The lowest BCUT2D eigenvalue weighted by Gasteiger charge is -2.34. The predicted molar refractivity (Wildman–Crippen MR) is 99.3 cm³/mol. The number of aromatic nitrogens is 4. The van der Waals surface area contributed by atoms with Crippen LogP contribution in [0.1, 0.15) is 24.2 Å². The van der Waals surface area contributed by atoms with Gasteiger partial charge in [0.25, 0.3) is 0 Å². The number of benzene rings is 1. The maximum absolute atomic E-state index is 5.64. The molecule has 1 saturated heterocycles. The fourth-order valence-electron chi connectivity index (χ4n) is 4.15. The fourth-order valence-corrected chi connectivity index (χ4v) is 4.49. The van der Waals surface area contributed by atoms with Crippen molar-refractivity contribution in [1.29, 1.82) is 0 Å². The van der Waals surface area contributed by atoms with E-state index in [4.69, 9.17) is 9.72 Å². The van der Waals surface area contributed by atoms with Gasteiger partial charge in [-0.3, -0.25) is 0 Å². The molecule has 0 unspecified atom stereocenters. The van der Waals surface area contributed by atoms with Crippen LogP contribution >= 0.6 is 15.9 Å². The van der Waals surface area contributed by atoms with E-state index >= 15 is 0 Å². The molecular weight excluding hydrogens is 382 g/mol. The topological polar surface area (TPSA) is 66.9 Å². The monoisotopic (exact) mass is 399 g/mol. The molecule has 3 aromatic rings. The first kappa shape index (κ1) is 15.3. The molecule has 1 spiro atoms. The fraction of sp³-hybridized carbons (Fsp3) is 0.389. The van der Waals surface area contributed by atoms with Crippen LogP contribution in [0.4, 0.5) is 11.5 Å². The molecule has 0 radical (unpaired) electrons. The highest BCUT2D eigenvalue weighted by Crippen LogP contribution is 2.50. The Kier molecular flexibility index (Phi) is 3.36. The van der Waals surface area contributed by atoms with Crippen LogP contribution in [0.2, 0.25) is 0 Å². The summed E-state index contributed by atoms with van der Waals surface area (Å²) in [5.41, 5.74) is 4.32. The van der Waals surface area contributed by atoms with Crippen molar-refractivity contribution in [3.05, 3.63) is 40.4 Å². The van der Waals surface area contributed by atoms with Crippen LogP contribution in [-0.2, 0) is 10.2 Å². The number of hydrogen-bond donors (Lipinski definition) is 1. The van der Waals surface area contributed by atoms with Crippen LogP contribution in [0.3, 0.4) is 0 Å². The van der Waals surface area contributed by atoms with Crippen LogP contribution in [0.25, 0.3) is 11.2 Å². The molecule has 1 aromatic carbocycles. The zero-order chi connectivity index (χ0) is 17.0. The summed E-state index contributed by atoms with van der Waals surface area (Å²) in [6.07, 6.45) is 3.75. The van der Waals surface area contributed by atoms with Crippen molar-refractivity contribution in [2.24, 2.45) is 0 Å². The smallest absolute Gasteiger partial charge is 0.165 e. The molecule has 5 rings (SSSR count). The second-order valence-corrected chi connectivity index (χ2v) is 7.75. The van der Waals surface area contributed by atoms with Gasteiger partial charge in [0.2, 0.25) is 0 Å². The Balaban J connectivity index is 1.72. The van der Waals surface area contributed by atoms with Crippen molar-refractivity contribution in [2.45, 2.75) is 25.2 Å². The molecule has 2 aliphatic heterocycles. The van der Waals surface area contributed by atoms with Crippen molar-refractivity contribution < 1.29 is 4.74 Å². The number of ether oxygens (including phenoxy) is 1. The minimum Gasteiger partial charge on any atom is -0.381 e. The van der Waals surface area contributed by atoms with E-state index in [1.807, 2.05) is 6.92 Å². The highest BCUT2D eigenvalue weighted by atomic mass is 79.9. The van der Waals surface area contributed by atoms with Crippen molar-refractivity contribution in [1.82, 2.24) is 19.9 Å². The van der Waals surface area contributed by atoms with Crippen LogP contribution in [0.5, 0.6) is 0 Å². The van der Waals surface area contributed by atoms with E-state index in [1.54, 1.807) is 6.33 Å². The minimum atomic E-state index is 0.121. The van der Waals surface area contributed by atoms with E-state index in [-0.39, 0.29) is 5.41 Å². The normalized spacial score (nSPS) is 18.9. The molecule has 2 aromatic heterocycles. The third kappa shape index (κ3) is 2.29. The van der Waals surface area contributed by atoms with Gasteiger partial charge in [0.15, 0.2) is 17.0 Å². The number of nitrogens with one attached hydrogen (secondary N) is 1. The summed E-state index contributed by atoms with van der Waals surface area (Å²) in [7, 11) is 0. The zero-order valence-electron chi connectivity index (χ0n) is 13.9. The molecule has 25 heavy (non-hydrogen) atoms. The number of aryl methyl sites for hydroxylation is 1. The van der Waals surface area contributed by atoms with Gasteiger partial charge in [-0.25, -0.2) is 15.0 Å². The standard InChI is InChI=1S/C18H18BrN5O/c1-11-22-16-15(20-10-21-16)17(23-11)24-9-18(4-6-25-7-5-18)13-3-2-12(19)8-14(13)24/h2-3,8,10H,4-7,9H2,1H3,(H,20,21,22,23). The summed E-state index contributed by atoms with van der Waals surface area (Å²) in [4.78, 5) is 19.1. The summed E-state index contributed by atoms with van der Waals surface area (Å²) < 4.78 is 6.72. The Bertz CT molecular complexity index is 963. The van der Waals surface area contributed by atoms with Crippen molar-refractivity contribution in [2.75, 3.05) is 24.7 Å². The van der Waals surface area contributed by atoms with Gasteiger partial charge in [-0.2, -0.15) is 0 Å². The maximum Gasteiger partial charge on any atom is 0.165 e. The van der Waals surface area contributed by atoms with E-state index in [9.17, 15) is 0 Å². The molecule has 2 aliphatic rings. The highest BCUT2D eigenvalue weighted by molar-refractivity contribution is 9.10. The number of imidazole rings is 1. The number of fused-ring (bicyclic) bond motifs is 3. The van der Waals surface area contributed by atoms with Crippen LogP contribution in [0, 0.1) is 6.92 Å². The molecule has 1 N–H and O–H groups in total. The highest BCUT2D eigenvalue weighted by Gasteiger charge is 2.45. The van der Waals surface area contributed by atoms with Gasteiger partial charge in [-0.1, -0.05) is 22.0 Å². The lowest BCUT2D eigenvalue weighted by Crippen LogP contribution is -2.37. The third-order valence-corrected chi connectivity index (χ3v) is 5.85. The molecule has 4 heterocycles. The number of rotatable bonds is 1. The summed E-state index contributed by atoms with van der Waals surface area (Å²) in [5.74, 6) is 1.63. The van der Waals surface area contributed by atoms with Gasteiger partial charge in [0, 0.05) is 35.3 Å². The van der Waals surface area contributed by atoms with Crippen molar-refractivity contribution >= 4 is 38.6 Å². The van der Waals surface area contributed by atoms with E-state index in [2.05, 4.69) is 54.0 Å². The summed E-state index contributed by atoms with van der Waals surface area (Å²) in [6, 6.07) is 6.57. The zero-order valence-corrected chi connectivity index (χ0v) is 15.5. The van der Waals surface area contributed by atoms with Crippen molar-refractivity contribution in [3.63, 3.8) is 0 Å². The lowest BCUT2D eigenvalue weighted by atomic mass is 9.76. The predicted octanol–water partition coefficient (Wildman–Crippen LogP) is 3.62. The Morgan fingerprint density at radius 3 is 2.92 bits per heavy atom. The molecule has 0 atom stereocenters. The Labute approximate surface area is 153 Å². The van der Waals surface area contributed by atoms with Gasteiger partial charge < -0.3 is 14.6 Å². The largest absolute Gasteiger partial charge is 0.381 e. The van der Waals surface area contributed by atoms with Gasteiger partial charge in [0.1, 0.15) is 5.82 Å². The SMILES string of the molecule is Cc1nc(N2CC3(CCOCC3)c3ccc(Br)cc32)c2nc[nH]c2n1. The number of anilines is 2. The quantitative estimate of drug-likeness (QED) is 0.676. The average Bonchev–Trinajstić information content (AvgIpc) is 3.18. The summed E-state index contributed by atoms with van der Waals surface area (Å²) >= 11 is 3.63. The summed E-state index contributed by atoms with van der Waals surface area (Å²) in [5, 5.41) is 0. The first-order valence-electron chi connectivity index (χ1n) is 8.49. The van der Waals surface area contributed by atoms with Crippen LogP contribution in [-0.4, -0.2) is 39.7 Å². The number of H-pyrrole nitrogens is 1.